The lowest BCUT2D eigenvalue weighted by Gasteiger charge is -2.66. The molecule has 5 nitrogen and oxygen atoms in total. The maximum atomic E-state index is 14.2. The molecular formula is C32H38N2O3. The van der Waals surface area contributed by atoms with Crippen LogP contribution in [0.4, 0.5) is 0 Å². The number of pyridine rings is 1. The molecule has 1 aromatic heterocycles. The van der Waals surface area contributed by atoms with Crippen molar-refractivity contribution < 1.29 is 14.3 Å². The zero-order valence-electron chi connectivity index (χ0n) is 21.9. The van der Waals surface area contributed by atoms with E-state index in [4.69, 9.17) is 9.47 Å². The number of aromatic nitrogens is 1. The van der Waals surface area contributed by atoms with Crippen LogP contribution in [0, 0.1) is 35.0 Å². The Morgan fingerprint density at radius 1 is 1.11 bits per heavy atom. The quantitative estimate of drug-likeness (QED) is 0.357. The number of allylic oxidation sites excluding steroid dienone is 1. The lowest BCUT2D eigenvalue weighted by atomic mass is 9.49. The largest absolute Gasteiger partial charge is 0.497 e. The van der Waals surface area contributed by atoms with Gasteiger partial charge in [0.05, 0.1) is 24.1 Å². The highest BCUT2D eigenvalue weighted by Gasteiger charge is 2.69. The molecule has 194 valence electrons. The van der Waals surface area contributed by atoms with Gasteiger partial charge in [0.1, 0.15) is 11.9 Å². The summed E-state index contributed by atoms with van der Waals surface area (Å²) in [5, 5.41) is 1.04. The van der Waals surface area contributed by atoms with Crippen LogP contribution in [0.15, 0.2) is 43.1 Å². The van der Waals surface area contributed by atoms with Crippen LogP contribution in [-0.2, 0) is 9.53 Å². The van der Waals surface area contributed by atoms with E-state index in [0.29, 0.717) is 11.5 Å². The molecule has 1 aromatic carbocycles. The van der Waals surface area contributed by atoms with Gasteiger partial charge >= 0.3 is 5.97 Å². The number of rotatable bonds is 6. The van der Waals surface area contributed by atoms with Gasteiger partial charge in [0.25, 0.3) is 0 Å². The lowest BCUT2D eigenvalue weighted by molar-refractivity contribution is -0.202. The van der Waals surface area contributed by atoms with Gasteiger partial charge in [-0.1, -0.05) is 6.08 Å². The molecule has 5 saturated carbocycles. The number of hydrogen-bond donors (Lipinski definition) is 0. The van der Waals surface area contributed by atoms with Gasteiger partial charge in [-0.3, -0.25) is 14.7 Å². The van der Waals surface area contributed by atoms with Gasteiger partial charge in [0.2, 0.25) is 0 Å². The van der Waals surface area contributed by atoms with E-state index in [2.05, 4.69) is 34.7 Å². The molecule has 9 rings (SSSR count). The molecule has 0 unspecified atom stereocenters. The van der Waals surface area contributed by atoms with Crippen molar-refractivity contribution in [2.75, 3.05) is 13.7 Å². The maximum Gasteiger partial charge on any atom is 0.312 e. The summed E-state index contributed by atoms with van der Waals surface area (Å²) in [6.07, 6.45) is 14.4. The second-order valence-corrected chi connectivity index (χ2v) is 13.4. The van der Waals surface area contributed by atoms with Crippen LogP contribution in [0.1, 0.15) is 69.5 Å². The number of hydrogen-bond acceptors (Lipinski definition) is 5. The molecule has 37 heavy (non-hydrogen) atoms. The third kappa shape index (κ3) is 3.07. The summed E-state index contributed by atoms with van der Waals surface area (Å²) in [7, 11) is 1.70. The Kier molecular flexibility index (Phi) is 4.77. The van der Waals surface area contributed by atoms with Crippen LogP contribution >= 0.6 is 0 Å². The molecule has 0 N–H and O–H groups in total. The topological polar surface area (TPSA) is 51.7 Å². The summed E-state index contributed by atoms with van der Waals surface area (Å²) in [6, 6.07) is 8.37. The third-order valence-electron chi connectivity index (χ3n) is 11.7. The monoisotopic (exact) mass is 498 g/mol. The van der Waals surface area contributed by atoms with Crippen LogP contribution in [0.2, 0.25) is 0 Å². The molecule has 5 heteroatoms. The average molecular weight is 499 g/mol. The predicted octanol–water partition coefficient (Wildman–Crippen LogP) is 6.08. The van der Waals surface area contributed by atoms with E-state index < -0.39 is 0 Å². The smallest absolute Gasteiger partial charge is 0.312 e. The van der Waals surface area contributed by atoms with E-state index in [1.165, 1.54) is 32.1 Å². The molecule has 7 fully saturated rings. The van der Waals surface area contributed by atoms with Crippen molar-refractivity contribution in [3.63, 3.8) is 0 Å². The van der Waals surface area contributed by atoms with E-state index >= 15 is 0 Å². The van der Waals surface area contributed by atoms with Crippen molar-refractivity contribution in [1.82, 2.24) is 9.88 Å². The Bertz CT molecular complexity index is 1250. The predicted molar refractivity (Wildman–Crippen MR) is 142 cm³/mol. The Hall–Kier alpha value is -2.40. The fourth-order valence-electron chi connectivity index (χ4n) is 10.5. The van der Waals surface area contributed by atoms with Crippen molar-refractivity contribution in [2.24, 2.45) is 35.0 Å². The van der Waals surface area contributed by atoms with Gasteiger partial charge in [-0.15, -0.1) is 6.58 Å². The van der Waals surface area contributed by atoms with Crippen LogP contribution < -0.4 is 4.74 Å². The number of carbonyl (C=O) groups excluding carboxylic acids is 1. The molecule has 7 aliphatic rings. The zero-order valence-corrected chi connectivity index (χ0v) is 21.9. The van der Waals surface area contributed by atoms with E-state index in [1.54, 1.807) is 7.11 Å². The number of carbonyl (C=O) groups is 1. The highest BCUT2D eigenvalue weighted by molar-refractivity contribution is 5.85. The fraction of sp³-hybridized carbons (Fsp3) is 0.625. The number of esters is 1. The molecule has 5 atom stereocenters. The number of nitrogens with zero attached hydrogens (tertiary/aromatic N) is 2. The molecule has 0 amide bonds. The molecule has 2 saturated heterocycles. The molecule has 2 aliphatic heterocycles. The highest BCUT2D eigenvalue weighted by Crippen LogP contribution is 2.66. The Labute approximate surface area is 219 Å². The number of ether oxygens (including phenoxy) is 2. The van der Waals surface area contributed by atoms with Crippen LogP contribution in [0.3, 0.4) is 0 Å². The van der Waals surface area contributed by atoms with E-state index in [9.17, 15) is 4.79 Å². The molecule has 5 aliphatic carbocycles. The molecule has 2 aromatic rings. The molecule has 4 bridgehead atoms. The van der Waals surface area contributed by atoms with Crippen molar-refractivity contribution in [3.8, 4) is 5.75 Å². The SMILES string of the molecule is C=C[C@@H]1C[C@]23C[C@H]([C@H](OC(=O)C45CC6CC(CC(C6)C4)C5)c4ccnc5ccc(OC)cc45)N2CC[C@H]13. The number of benzene rings is 1. The van der Waals surface area contributed by atoms with Crippen molar-refractivity contribution in [1.29, 1.82) is 0 Å². The summed E-state index contributed by atoms with van der Waals surface area (Å²) >= 11 is 0. The summed E-state index contributed by atoms with van der Waals surface area (Å²) in [4.78, 5) is 21.6. The van der Waals surface area contributed by atoms with Crippen molar-refractivity contribution in [3.05, 3.63) is 48.7 Å². The summed E-state index contributed by atoms with van der Waals surface area (Å²) in [5.74, 6) is 4.42. The minimum absolute atomic E-state index is 0.0822. The van der Waals surface area contributed by atoms with Gasteiger partial charge in [-0.2, -0.15) is 0 Å². The zero-order chi connectivity index (χ0) is 24.9. The van der Waals surface area contributed by atoms with Gasteiger partial charge < -0.3 is 9.47 Å². The maximum absolute atomic E-state index is 14.2. The summed E-state index contributed by atoms with van der Waals surface area (Å²) in [6.45, 7) is 5.19. The lowest BCUT2D eigenvalue weighted by Crippen LogP contribution is -2.72. The van der Waals surface area contributed by atoms with Gasteiger partial charge in [0.15, 0.2) is 0 Å². The summed E-state index contributed by atoms with van der Waals surface area (Å²) in [5.41, 5.74) is 2.06. The molecule has 0 radical (unpaired) electrons. The number of methoxy groups -OCH3 is 1. The highest BCUT2D eigenvalue weighted by atomic mass is 16.5. The second kappa shape index (κ2) is 7.81. The fourth-order valence-corrected chi connectivity index (χ4v) is 10.5. The first-order chi connectivity index (χ1) is 18.0. The van der Waals surface area contributed by atoms with E-state index in [-0.39, 0.29) is 23.5 Å². The molecule has 3 heterocycles. The standard InChI is InChI=1S/C32H38N2O3/c1-3-22-17-32-18-28(34(32)9-7-26(22)32)29(24-6-8-33-27-5-4-23(36-2)13-25(24)27)37-30(35)31-14-19-10-20(15-31)12-21(11-19)16-31/h3-6,8,13,19-22,26,28-29H,1,7,9-12,14-18H2,2H3/t19?,20?,21?,22-,26-,28-,29-,31?,32-/m1/s1. The van der Waals surface area contributed by atoms with Gasteiger partial charge in [-0.25, -0.2) is 0 Å². The molecular weight excluding hydrogens is 460 g/mol. The Morgan fingerprint density at radius 3 is 2.57 bits per heavy atom. The van der Waals surface area contributed by atoms with Gasteiger partial charge in [0, 0.05) is 22.7 Å². The van der Waals surface area contributed by atoms with E-state index in [1.807, 2.05) is 18.3 Å². The first-order valence-electron chi connectivity index (χ1n) is 14.5. The van der Waals surface area contributed by atoms with Crippen LogP contribution in [-0.4, -0.2) is 41.1 Å². The average Bonchev–Trinajstić information content (AvgIpc) is 3.08. The minimum Gasteiger partial charge on any atom is -0.497 e. The van der Waals surface area contributed by atoms with E-state index in [0.717, 1.165) is 78.1 Å². The Balaban J connectivity index is 1.16. The first kappa shape index (κ1) is 22.6. The Morgan fingerprint density at radius 2 is 1.86 bits per heavy atom. The second-order valence-electron chi connectivity index (χ2n) is 13.4. The van der Waals surface area contributed by atoms with Crippen LogP contribution in [0.5, 0.6) is 5.75 Å². The van der Waals surface area contributed by atoms with Crippen LogP contribution in [0.25, 0.3) is 10.9 Å². The summed E-state index contributed by atoms with van der Waals surface area (Å²) < 4.78 is 12.4. The third-order valence-corrected chi connectivity index (χ3v) is 11.7. The van der Waals surface area contributed by atoms with Gasteiger partial charge in [-0.05, 0) is 118 Å². The first-order valence-corrected chi connectivity index (χ1v) is 14.5. The minimum atomic E-state index is -0.273. The van der Waals surface area contributed by atoms with Crippen molar-refractivity contribution in [2.45, 2.75) is 75.5 Å². The molecule has 1 spiro atoms. The normalized spacial score (nSPS) is 41.9. The number of fused-ring (bicyclic) bond motifs is 1. The van der Waals surface area contributed by atoms with Crippen molar-refractivity contribution >= 4 is 16.9 Å².